The van der Waals surface area contributed by atoms with Crippen LogP contribution in [0.15, 0.2) is 42.5 Å². The SMILES string of the molecule is CCC(C)Oc1ccc(C(=O)Nc2cc(N)ccc2C)cc1. The van der Waals surface area contributed by atoms with Crippen molar-refractivity contribution in [3.63, 3.8) is 0 Å². The number of carbonyl (C=O) groups excluding carboxylic acids is 1. The van der Waals surface area contributed by atoms with Gasteiger partial charge in [0.2, 0.25) is 0 Å². The second-order valence-electron chi connectivity index (χ2n) is 5.39. The van der Waals surface area contributed by atoms with E-state index in [0.717, 1.165) is 23.4 Å². The minimum Gasteiger partial charge on any atom is -0.491 e. The standard InChI is InChI=1S/C18H22N2O2/c1-4-13(3)22-16-9-6-14(7-10-16)18(21)20-17-11-15(19)8-5-12(17)2/h5-11,13H,4,19H2,1-3H3,(H,20,21). The molecule has 22 heavy (non-hydrogen) atoms. The van der Waals surface area contributed by atoms with Crippen LogP contribution in [-0.4, -0.2) is 12.0 Å². The summed E-state index contributed by atoms with van der Waals surface area (Å²) in [6.07, 6.45) is 1.10. The van der Waals surface area contributed by atoms with E-state index in [2.05, 4.69) is 12.2 Å². The number of carbonyl (C=O) groups is 1. The van der Waals surface area contributed by atoms with Crippen molar-refractivity contribution in [3.8, 4) is 5.75 Å². The smallest absolute Gasteiger partial charge is 0.255 e. The number of anilines is 2. The van der Waals surface area contributed by atoms with Crippen LogP contribution >= 0.6 is 0 Å². The van der Waals surface area contributed by atoms with Crippen LogP contribution in [0.4, 0.5) is 11.4 Å². The molecule has 2 rings (SSSR count). The van der Waals surface area contributed by atoms with Crippen LogP contribution < -0.4 is 15.8 Å². The van der Waals surface area contributed by atoms with Crippen molar-refractivity contribution in [1.82, 2.24) is 0 Å². The molecule has 4 heteroatoms. The van der Waals surface area contributed by atoms with Crippen molar-refractivity contribution in [2.45, 2.75) is 33.3 Å². The zero-order valence-electron chi connectivity index (χ0n) is 13.2. The minimum atomic E-state index is -0.163. The topological polar surface area (TPSA) is 64.3 Å². The van der Waals surface area contributed by atoms with Gasteiger partial charge >= 0.3 is 0 Å². The zero-order chi connectivity index (χ0) is 16.1. The van der Waals surface area contributed by atoms with E-state index in [1.54, 1.807) is 18.2 Å². The first-order valence-corrected chi connectivity index (χ1v) is 7.43. The summed E-state index contributed by atoms with van der Waals surface area (Å²) in [5, 5.41) is 2.88. The number of nitrogen functional groups attached to an aromatic ring is 1. The van der Waals surface area contributed by atoms with E-state index in [4.69, 9.17) is 10.5 Å². The van der Waals surface area contributed by atoms with Gasteiger partial charge in [-0.2, -0.15) is 0 Å². The van der Waals surface area contributed by atoms with Crippen LogP contribution in [0.5, 0.6) is 5.75 Å². The molecule has 116 valence electrons. The number of aryl methyl sites for hydroxylation is 1. The van der Waals surface area contributed by atoms with Crippen molar-refractivity contribution in [3.05, 3.63) is 53.6 Å². The molecule has 0 spiro atoms. The third-order valence-electron chi connectivity index (χ3n) is 3.54. The Labute approximate surface area is 131 Å². The predicted octanol–water partition coefficient (Wildman–Crippen LogP) is 4.01. The molecule has 0 bridgehead atoms. The molecule has 2 aromatic rings. The minimum absolute atomic E-state index is 0.162. The predicted molar refractivity (Wildman–Crippen MR) is 90.4 cm³/mol. The molecule has 0 aliphatic carbocycles. The highest BCUT2D eigenvalue weighted by Gasteiger charge is 2.09. The highest BCUT2D eigenvalue weighted by molar-refractivity contribution is 6.04. The van der Waals surface area contributed by atoms with E-state index >= 15 is 0 Å². The second-order valence-corrected chi connectivity index (χ2v) is 5.39. The fourth-order valence-corrected chi connectivity index (χ4v) is 1.97. The number of hydrogen-bond acceptors (Lipinski definition) is 3. The van der Waals surface area contributed by atoms with Gasteiger partial charge in [0, 0.05) is 16.9 Å². The Hall–Kier alpha value is -2.49. The molecular weight excluding hydrogens is 276 g/mol. The van der Waals surface area contributed by atoms with Gasteiger partial charge in [-0.25, -0.2) is 0 Å². The molecule has 0 saturated carbocycles. The summed E-state index contributed by atoms with van der Waals surface area (Å²) in [7, 11) is 0. The number of benzene rings is 2. The first-order chi connectivity index (χ1) is 10.5. The van der Waals surface area contributed by atoms with Crippen molar-refractivity contribution in [1.29, 1.82) is 0 Å². The van der Waals surface area contributed by atoms with Gasteiger partial charge < -0.3 is 15.8 Å². The summed E-state index contributed by atoms with van der Waals surface area (Å²) in [6.45, 7) is 6.02. The van der Waals surface area contributed by atoms with Gasteiger partial charge in [-0.05, 0) is 62.2 Å². The van der Waals surface area contributed by atoms with Crippen molar-refractivity contribution >= 4 is 17.3 Å². The number of hydrogen-bond donors (Lipinski definition) is 2. The van der Waals surface area contributed by atoms with E-state index in [1.165, 1.54) is 0 Å². The second kappa shape index (κ2) is 6.98. The van der Waals surface area contributed by atoms with E-state index in [-0.39, 0.29) is 12.0 Å². The summed E-state index contributed by atoms with van der Waals surface area (Å²) >= 11 is 0. The average Bonchev–Trinajstić information content (AvgIpc) is 2.51. The van der Waals surface area contributed by atoms with Gasteiger partial charge in [-0.3, -0.25) is 4.79 Å². The molecule has 0 saturated heterocycles. The molecule has 0 fully saturated rings. The van der Waals surface area contributed by atoms with Gasteiger partial charge in [0.05, 0.1) is 6.10 Å². The lowest BCUT2D eigenvalue weighted by Gasteiger charge is -2.13. The Morgan fingerprint density at radius 2 is 1.91 bits per heavy atom. The maximum absolute atomic E-state index is 12.3. The Bertz CT molecular complexity index is 651. The van der Waals surface area contributed by atoms with Gasteiger partial charge in [0.15, 0.2) is 0 Å². The molecule has 0 heterocycles. The first-order valence-electron chi connectivity index (χ1n) is 7.43. The van der Waals surface area contributed by atoms with Crippen LogP contribution in [0, 0.1) is 6.92 Å². The largest absolute Gasteiger partial charge is 0.491 e. The molecule has 0 radical (unpaired) electrons. The monoisotopic (exact) mass is 298 g/mol. The molecule has 0 aliphatic rings. The zero-order valence-corrected chi connectivity index (χ0v) is 13.2. The normalized spacial score (nSPS) is 11.8. The Morgan fingerprint density at radius 3 is 2.55 bits per heavy atom. The van der Waals surface area contributed by atoms with Crippen molar-refractivity contribution in [2.24, 2.45) is 0 Å². The molecule has 1 unspecified atom stereocenters. The lowest BCUT2D eigenvalue weighted by molar-refractivity contribution is 0.102. The number of rotatable bonds is 5. The summed E-state index contributed by atoms with van der Waals surface area (Å²) < 4.78 is 5.70. The molecule has 1 atom stereocenters. The van der Waals surface area contributed by atoms with Crippen LogP contribution in [0.2, 0.25) is 0 Å². The highest BCUT2D eigenvalue weighted by atomic mass is 16.5. The molecule has 1 amide bonds. The first kappa shape index (κ1) is 15.9. The van der Waals surface area contributed by atoms with Gasteiger partial charge in [-0.15, -0.1) is 0 Å². The third-order valence-corrected chi connectivity index (χ3v) is 3.54. The van der Waals surface area contributed by atoms with Gasteiger partial charge in [0.25, 0.3) is 5.91 Å². The van der Waals surface area contributed by atoms with Crippen molar-refractivity contribution in [2.75, 3.05) is 11.1 Å². The molecule has 3 N–H and O–H groups in total. The highest BCUT2D eigenvalue weighted by Crippen LogP contribution is 2.20. The number of nitrogens with two attached hydrogens (primary N) is 1. The van der Waals surface area contributed by atoms with Crippen molar-refractivity contribution < 1.29 is 9.53 Å². The Balaban J connectivity index is 2.08. The lowest BCUT2D eigenvalue weighted by atomic mass is 10.1. The van der Waals surface area contributed by atoms with E-state index in [1.807, 2.05) is 38.1 Å². The maximum atomic E-state index is 12.3. The fraction of sp³-hybridized carbons (Fsp3) is 0.278. The molecule has 0 aromatic heterocycles. The number of ether oxygens (including phenoxy) is 1. The molecule has 4 nitrogen and oxygen atoms in total. The summed E-state index contributed by atoms with van der Waals surface area (Å²) in [5.74, 6) is 0.606. The summed E-state index contributed by atoms with van der Waals surface area (Å²) in [4.78, 5) is 12.3. The van der Waals surface area contributed by atoms with Crippen LogP contribution in [0.25, 0.3) is 0 Å². The maximum Gasteiger partial charge on any atom is 0.255 e. The molecule has 2 aromatic carbocycles. The average molecular weight is 298 g/mol. The van der Waals surface area contributed by atoms with Crippen LogP contribution in [0.1, 0.15) is 36.2 Å². The summed E-state index contributed by atoms with van der Waals surface area (Å²) in [5.41, 5.74) is 8.66. The van der Waals surface area contributed by atoms with E-state index in [9.17, 15) is 4.79 Å². The van der Waals surface area contributed by atoms with Gasteiger partial charge in [-0.1, -0.05) is 13.0 Å². The molecule has 0 aliphatic heterocycles. The Morgan fingerprint density at radius 1 is 1.23 bits per heavy atom. The molecular formula is C18H22N2O2. The number of amides is 1. The van der Waals surface area contributed by atoms with Gasteiger partial charge in [0.1, 0.15) is 5.75 Å². The quantitative estimate of drug-likeness (QED) is 0.820. The van der Waals surface area contributed by atoms with E-state index < -0.39 is 0 Å². The summed E-state index contributed by atoms with van der Waals surface area (Å²) in [6, 6.07) is 12.6. The van der Waals surface area contributed by atoms with E-state index in [0.29, 0.717) is 11.3 Å². The fourth-order valence-electron chi connectivity index (χ4n) is 1.97. The number of nitrogens with one attached hydrogen (secondary N) is 1. The van der Waals surface area contributed by atoms with Crippen LogP contribution in [0.3, 0.4) is 0 Å². The lowest BCUT2D eigenvalue weighted by Crippen LogP contribution is -2.13. The third kappa shape index (κ3) is 4.01. The van der Waals surface area contributed by atoms with Crippen LogP contribution in [-0.2, 0) is 0 Å². The Kier molecular flexibility index (Phi) is 5.04.